The van der Waals surface area contributed by atoms with Crippen molar-refractivity contribution in [2.75, 3.05) is 0 Å². The molecule has 2 amide bonds. The summed E-state index contributed by atoms with van der Waals surface area (Å²) < 4.78 is 75.0. The Morgan fingerprint density at radius 2 is 1.02 bits per heavy atom. The van der Waals surface area contributed by atoms with Crippen LogP contribution in [0.2, 0.25) is 0 Å². The predicted octanol–water partition coefficient (Wildman–Crippen LogP) is 6.02. The van der Waals surface area contributed by atoms with Gasteiger partial charge < -0.3 is 5.11 Å². The molecule has 0 spiro atoms. The fraction of sp³-hybridized carbons (Fsp3) is 0.188. The van der Waals surface area contributed by atoms with Crippen LogP contribution >= 0.6 is 0 Å². The van der Waals surface area contributed by atoms with Gasteiger partial charge >= 0.3 is 12.4 Å². The Hall–Kier alpha value is -5.64. The molecule has 0 unspecified atom stereocenters. The predicted molar refractivity (Wildman–Crippen MR) is 157 cm³/mol. The van der Waals surface area contributed by atoms with E-state index in [0.29, 0.717) is 56.2 Å². The molecule has 5 aromatic rings. The molecule has 1 aliphatic rings. The minimum Gasteiger partial charge on any atom is -0.390 e. The van der Waals surface area contributed by atoms with Crippen molar-refractivity contribution >= 4 is 11.8 Å². The molecule has 0 aliphatic carbocycles. The molecule has 1 aliphatic heterocycles. The highest BCUT2D eigenvalue weighted by molar-refractivity contribution is 6.21. The molecule has 0 fully saturated rings. The maximum Gasteiger partial charge on any atom is 0.451 e. The number of rotatable bonds is 5. The lowest BCUT2D eigenvalue weighted by atomic mass is 10.1. The second-order valence-corrected chi connectivity index (χ2v) is 10.5. The lowest BCUT2D eigenvalue weighted by Crippen LogP contribution is -2.29. The molecule has 48 heavy (non-hydrogen) atoms. The van der Waals surface area contributed by atoms with Crippen LogP contribution in [0.25, 0.3) is 22.3 Å². The summed E-state index contributed by atoms with van der Waals surface area (Å²) in [4.78, 5) is 47.9. The van der Waals surface area contributed by atoms with Gasteiger partial charge in [0.25, 0.3) is 11.8 Å². The van der Waals surface area contributed by atoms with E-state index in [9.17, 15) is 35.9 Å². The Labute approximate surface area is 268 Å². The van der Waals surface area contributed by atoms with Crippen molar-refractivity contribution in [1.29, 1.82) is 0 Å². The van der Waals surface area contributed by atoms with Gasteiger partial charge in [0.2, 0.25) is 11.6 Å². The van der Waals surface area contributed by atoms with Crippen LogP contribution in [0.1, 0.15) is 55.1 Å². The number of hydrogen-bond donors (Lipinski definition) is 1. The van der Waals surface area contributed by atoms with Crippen LogP contribution in [0.3, 0.4) is 0 Å². The second-order valence-electron chi connectivity index (χ2n) is 10.5. The Morgan fingerprint density at radius 3 is 1.42 bits per heavy atom. The van der Waals surface area contributed by atoms with Gasteiger partial charge in [0, 0.05) is 47.3 Å². The molecule has 16 heteroatoms. The highest BCUT2D eigenvalue weighted by atomic mass is 19.4. The van der Waals surface area contributed by atoms with Gasteiger partial charge in [0.1, 0.15) is 0 Å². The van der Waals surface area contributed by atoms with E-state index in [1.165, 1.54) is 0 Å². The molecule has 0 bridgehead atoms. The number of nitrogens with zero attached hydrogens (tertiary/aromatic N) is 7. The summed E-state index contributed by atoms with van der Waals surface area (Å²) in [5.74, 6) is -3.22. The van der Waals surface area contributed by atoms with Gasteiger partial charge in [0.15, 0.2) is 0 Å². The number of aromatic nitrogens is 6. The minimum absolute atomic E-state index is 0.0531. The first-order chi connectivity index (χ1) is 22.6. The van der Waals surface area contributed by atoms with E-state index < -0.39 is 35.8 Å². The molecular formula is C32H23F6N7O3. The van der Waals surface area contributed by atoms with Crippen molar-refractivity contribution in [2.24, 2.45) is 0 Å². The van der Waals surface area contributed by atoms with E-state index in [-0.39, 0.29) is 13.2 Å². The number of halogens is 6. The van der Waals surface area contributed by atoms with E-state index in [1.807, 2.05) is 0 Å². The van der Waals surface area contributed by atoms with Crippen LogP contribution in [0.5, 0.6) is 0 Å². The molecule has 1 aromatic carbocycles. The number of carbonyl (C=O) groups excluding carboxylic acids is 2. The number of aliphatic hydroxyl groups excluding tert-OH is 1. The van der Waals surface area contributed by atoms with E-state index in [2.05, 4.69) is 29.9 Å². The SMILES string of the molecule is Cc1cc(-c2cnc(C(F)(F)F)nc2)cc(CN2C(=O)c3ccccc3C2=O)n1.Cc1cc(-c2cnc(C(F)(F)F)nc2)cc(CO)n1. The topological polar surface area (TPSA) is 135 Å². The number of imide groups is 1. The molecule has 1 N–H and O–H groups in total. The highest BCUT2D eigenvalue weighted by Crippen LogP contribution is 2.29. The van der Waals surface area contributed by atoms with Crippen molar-refractivity contribution < 1.29 is 41.0 Å². The quantitative estimate of drug-likeness (QED) is 0.176. The van der Waals surface area contributed by atoms with E-state index in [0.717, 1.165) is 29.7 Å². The summed E-state index contributed by atoms with van der Waals surface area (Å²) in [6, 6.07) is 13.1. The second kappa shape index (κ2) is 13.2. The number of benzene rings is 1. The van der Waals surface area contributed by atoms with E-state index in [1.54, 1.807) is 62.4 Å². The number of fused-ring (bicyclic) bond motifs is 1. The van der Waals surface area contributed by atoms with Crippen LogP contribution in [0.15, 0.2) is 73.3 Å². The lowest BCUT2D eigenvalue weighted by molar-refractivity contribution is -0.145. The van der Waals surface area contributed by atoms with Crippen LogP contribution in [-0.4, -0.2) is 51.7 Å². The number of aryl methyl sites for hydroxylation is 2. The van der Waals surface area contributed by atoms with Crippen molar-refractivity contribution in [1.82, 2.24) is 34.8 Å². The Balaban J connectivity index is 0.000000206. The first-order valence-electron chi connectivity index (χ1n) is 13.9. The van der Waals surface area contributed by atoms with Gasteiger partial charge in [0.05, 0.1) is 35.7 Å². The monoisotopic (exact) mass is 667 g/mol. The van der Waals surface area contributed by atoms with Crippen molar-refractivity contribution in [2.45, 2.75) is 39.4 Å². The molecular weight excluding hydrogens is 644 g/mol. The molecule has 5 heterocycles. The summed E-state index contributed by atoms with van der Waals surface area (Å²) in [7, 11) is 0. The summed E-state index contributed by atoms with van der Waals surface area (Å²) in [6.07, 6.45) is -4.81. The smallest absolute Gasteiger partial charge is 0.390 e. The summed E-state index contributed by atoms with van der Waals surface area (Å²) in [5, 5.41) is 9.04. The van der Waals surface area contributed by atoms with Gasteiger partial charge in [-0.25, -0.2) is 19.9 Å². The number of amides is 2. The molecule has 0 atom stereocenters. The fourth-order valence-electron chi connectivity index (χ4n) is 4.76. The number of alkyl halides is 6. The largest absolute Gasteiger partial charge is 0.451 e. The first kappa shape index (κ1) is 33.7. The number of aliphatic hydroxyl groups is 1. The third-order valence-corrected chi connectivity index (χ3v) is 6.85. The molecule has 6 rings (SSSR count). The Kier molecular flexibility index (Phi) is 9.29. The third-order valence-electron chi connectivity index (χ3n) is 6.85. The van der Waals surface area contributed by atoms with Crippen molar-refractivity contribution in [3.8, 4) is 22.3 Å². The van der Waals surface area contributed by atoms with E-state index in [4.69, 9.17) is 5.11 Å². The van der Waals surface area contributed by atoms with Crippen molar-refractivity contribution in [3.63, 3.8) is 0 Å². The molecule has 246 valence electrons. The Bertz CT molecular complexity index is 1950. The van der Waals surface area contributed by atoms with Crippen LogP contribution < -0.4 is 0 Å². The van der Waals surface area contributed by atoms with Crippen molar-refractivity contribution in [3.05, 3.63) is 119 Å². The molecule has 4 aromatic heterocycles. The average molecular weight is 668 g/mol. The van der Waals surface area contributed by atoms with Gasteiger partial charge in [-0.3, -0.25) is 24.5 Å². The molecule has 10 nitrogen and oxygen atoms in total. The minimum atomic E-state index is -4.62. The normalized spacial score (nSPS) is 12.9. The third kappa shape index (κ3) is 7.49. The maximum absolute atomic E-state index is 12.7. The molecule has 0 radical (unpaired) electrons. The van der Waals surface area contributed by atoms with Gasteiger partial charge in [-0.15, -0.1) is 0 Å². The molecule has 0 saturated heterocycles. The summed E-state index contributed by atoms with van der Waals surface area (Å²) in [6.45, 7) is 3.15. The summed E-state index contributed by atoms with van der Waals surface area (Å²) in [5.41, 5.74) is 4.73. The number of hydrogen-bond acceptors (Lipinski definition) is 9. The Morgan fingerprint density at radius 1 is 0.625 bits per heavy atom. The lowest BCUT2D eigenvalue weighted by Gasteiger charge is -2.15. The standard InChI is InChI=1S/C20H13F3N4O2.C12H10F3N3O/c1-11-6-12(13-8-24-19(25-9-13)20(21,22)23)7-14(26-11)10-27-17(28)15-4-2-3-5-16(15)18(27)29;1-7-2-8(3-10(6-19)18-7)9-4-16-11(17-5-9)12(13,14)15/h2-9H,10H2,1H3;2-5,19H,6H2,1H3. The first-order valence-corrected chi connectivity index (χ1v) is 13.9. The van der Waals surface area contributed by atoms with E-state index >= 15 is 0 Å². The fourth-order valence-corrected chi connectivity index (χ4v) is 4.76. The van der Waals surface area contributed by atoms with Gasteiger partial charge in [-0.1, -0.05) is 12.1 Å². The average Bonchev–Trinajstić information content (AvgIpc) is 3.28. The van der Waals surface area contributed by atoms with Crippen LogP contribution in [-0.2, 0) is 25.5 Å². The number of pyridine rings is 2. The highest BCUT2D eigenvalue weighted by Gasteiger charge is 2.36. The van der Waals surface area contributed by atoms with Crippen LogP contribution in [0.4, 0.5) is 26.3 Å². The number of carbonyl (C=O) groups is 2. The van der Waals surface area contributed by atoms with Gasteiger partial charge in [-0.05, 0) is 61.4 Å². The zero-order valence-electron chi connectivity index (χ0n) is 25.0. The van der Waals surface area contributed by atoms with Crippen LogP contribution in [0, 0.1) is 13.8 Å². The zero-order valence-corrected chi connectivity index (χ0v) is 25.0. The zero-order chi connectivity index (χ0) is 34.8. The molecule has 0 saturated carbocycles. The summed E-state index contributed by atoms with van der Waals surface area (Å²) >= 11 is 0. The van der Waals surface area contributed by atoms with Gasteiger partial charge in [-0.2, -0.15) is 26.3 Å². The maximum atomic E-state index is 12.7.